The standard InChI is InChI=1S/C9H16N4O/c1-7-10-11-9(12(7)2)6-13-4-3-8(14)5-13/h8,14H,3-6H2,1-2H3/t8-/m1/s1. The highest BCUT2D eigenvalue weighted by Crippen LogP contribution is 2.11. The van der Waals surface area contributed by atoms with Crippen LogP contribution in [0.1, 0.15) is 18.1 Å². The van der Waals surface area contributed by atoms with Crippen LogP contribution in [-0.4, -0.2) is 44.0 Å². The Morgan fingerprint density at radius 1 is 1.50 bits per heavy atom. The predicted molar refractivity (Wildman–Crippen MR) is 51.6 cm³/mol. The predicted octanol–water partition coefficient (Wildman–Crippen LogP) is -0.310. The summed E-state index contributed by atoms with van der Waals surface area (Å²) in [5.41, 5.74) is 0. The van der Waals surface area contributed by atoms with E-state index in [9.17, 15) is 5.11 Å². The van der Waals surface area contributed by atoms with Crippen molar-refractivity contribution in [3.05, 3.63) is 11.6 Å². The highest BCUT2D eigenvalue weighted by molar-refractivity contribution is 4.93. The van der Waals surface area contributed by atoms with E-state index in [-0.39, 0.29) is 6.10 Å². The molecule has 1 aromatic heterocycles. The molecule has 5 nitrogen and oxygen atoms in total. The van der Waals surface area contributed by atoms with Gasteiger partial charge in [-0.25, -0.2) is 0 Å². The molecule has 5 heteroatoms. The number of aliphatic hydroxyl groups excluding tert-OH is 1. The number of hydrogen-bond acceptors (Lipinski definition) is 4. The van der Waals surface area contributed by atoms with Crippen molar-refractivity contribution >= 4 is 0 Å². The Hall–Kier alpha value is -0.940. The van der Waals surface area contributed by atoms with Crippen molar-refractivity contribution in [3.63, 3.8) is 0 Å². The van der Waals surface area contributed by atoms with Gasteiger partial charge in [0.05, 0.1) is 12.6 Å². The van der Waals surface area contributed by atoms with E-state index in [0.717, 1.165) is 37.7 Å². The van der Waals surface area contributed by atoms with E-state index in [1.165, 1.54) is 0 Å². The number of hydrogen-bond donors (Lipinski definition) is 1. The maximum atomic E-state index is 9.37. The molecule has 1 atom stereocenters. The molecule has 1 fully saturated rings. The molecule has 0 bridgehead atoms. The Morgan fingerprint density at radius 3 is 2.79 bits per heavy atom. The van der Waals surface area contributed by atoms with Crippen molar-refractivity contribution in [2.45, 2.75) is 26.0 Å². The quantitative estimate of drug-likeness (QED) is 0.705. The lowest BCUT2D eigenvalue weighted by Crippen LogP contribution is -2.23. The molecule has 2 rings (SSSR count). The van der Waals surface area contributed by atoms with Crippen LogP contribution in [0.15, 0.2) is 0 Å². The van der Waals surface area contributed by atoms with E-state index in [4.69, 9.17) is 0 Å². The van der Waals surface area contributed by atoms with Gasteiger partial charge in [0, 0.05) is 20.1 Å². The molecule has 1 N–H and O–H groups in total. The van der Waals surface area contributed by atoms with Crippen LogP contribution in [0.3, 0.4) is 0 Å². The highest BCUT2D eigenvalue weighted by Gasteiger charge is 2.21. The maximum Gasteiger partial charge on any atom is 0.146 e. The Balaban J connectivity index is 2.01. The van der Waals surface area contributed by atoms with Crippen molar-refractivity contribution in [2.24, 2.45) is 7.05 Å². The summed E-state index contributed by atoms with van der Waals surface area (Å²) in [5, 5.41) is 17.5. The monoisotopic (exact) mass is 196 g/mol. The zero-order valence-corrected chi connectivity index (χ0v) is 8.64. The average Bonchev–Trinajstić information content (AvgIpc) is 2.67. The molecule has 2 heterocycles. The van der Waals surface area contributed by atoms with Crippen LogP contribution in [0, 0.1) is 6.92 Å². The number of nitrogens with zero attached hydrogens (tertiary/aromatic N) is 4. The Kier molecular flexibility index (Phi) is 2.52. The fraction of sp³-hybridized carbons (Fsp3) is 0.778. The number of likely N-dealkylation sites (tertiary alicyclic amines) is 1. The normalized spacial score (nSPS) is 23.2. The molecule has 1 aromatic rings. The van der Waals surface area contributed by atoms with E-state index >= 15 is 0 Å². The lowest BCUT2D eigenvalue weighted by Gasteiger charge is -2.13. The minimum atomic E-state index is -0.163. The van der Waals surface area contributed by atoms with Gasteiger partial charge in [0.15, 0.2) is 0 Å². The van der Waals surface area contributed by atoms with E-state index in [2.05, 4.69) is 15.1 Å². The van der Waals surface area contributed by atoms with Crippen LogP contribution in [0.4, 0.5) is 0 Å². The van der Waals surface area contributed by atoms with Crippen molar-refractivity contribution in [1.29, 1.82) is 0 Å². The van der Waals surface area contributed by atoms with E-state index in [1.807, 2.05) is 18.5 Å². The summed E-state index contributed by atoms with van der Waals surface area (Å²) in [6, 6.07) is 0. The van der Waals surface area contributed by atoms with Crippen LogP contribution in [0.25, 0.3) is 0 Å². The molecular weight excluding hydrogens is 180 g/mol. The van der Waals surface area contributed by atoms with Gasteiger partial charge in [0.25, 0.3) is 0 Å². The van der Waals surface area contributed by atoms with Crippen LogP contribution in [-0.2, 0) is 13.6 Å². The fourth-order valence-electron chi connectivity index (χ4n) is 1.74. The third-order valence-corrected chi connectivity index (χ3v) is 2.80. The van der Waals surface area contributed by atoms with Crippen molar-refractivity contribution in [2.75, 3.05) is 13.1 Å². The second kappa shape index (κ2) is 3.67. The van der Waals surface area contributed by atoms with Gasteiger partial charge in [0.2, 0.25) is 0 Å². The Morgan fingerprint density at radius 2 is 2.29 bits per heavy atom. The van der Waals surface area contributed by atoms with E-state index < -0.39 is 0 Å². The molecule has 1 aliphatic heterocycles. The first-order valence-corrected chi connectivity index (χ1v) is 4.92. The number of β-amino-alcohol motifs (C(OH)–C–C–N with tert-alkyl or cyclic N) is 1. The van der Waals surface area contributed by atoms with Gasteiger partial charge in [-0.15, -0.1) is 10.2 Å². The number of aliphatic hydroxyl groups is 1. The summed E-state index contributed by atoms with van der Waals surface area (Å²) in [7, 11) is 1.97. The van der Waals surface area contributed by atoms with Gasteiger partial charge in [0.1, 0.15) is 11.6 Å². The Labute approximate surface area is 83.4 Å². The van der Waals surface area contributed by atoms with Crippen molar-refractivity contribution in [3.8, 4) is 0 Å². The maximum absolute atomic E-state index is 9.37. The third kappa shape index (κ3) is 1.78. The minimum Gasteiger partial charge on any atom is -0.392 e. The summed E-state index contributed by atoms with van der Waals surface area (Å²) in [4.78, 5) is 2.20. The lowest BCUT2D eigenvalue weighted by atomic mass is 10.3. The number of aryl methyl sites for hydroxylation is 1. The molecule has 1 saturated heterocycles. The van der Waals surface area contributed by atoms with Gasteiger partial charge in [-0.1, -0.05) is 0 Å². The molecule has 0 aromatic carbocycles. The lowest BCUT2D eigenvalue weighted by molar-refractivity contribution is 0.173. The van der Waals surface area contributed by atoms with Crippen LogP contribution >= 0.6 is 0 Å². The molecule has 1 aliphatic rings. The van der Waals surface area contributed by atoms with Crippen LogP contribution in [0.5, 0.6) is 0 Å². The largest absolute Gasteiger partial charge is 0.392 e. The SMILES string of the molecule is Cc1nnc(CN2CC[C@@H](O)C2)n1C. The van der Waals surface area contributed by atoms with Gasteiger partial charge >= 0.3 is 0 Å². The summed E-state index contributed by atoms with van der Waals surface area (Å²) >= 11 is 0. The molecule has 0 aliphatic carbocycles. The first-order valence-electron chi connectivity index (χ1n) is 4.92. The first kappa shape index (κ1) is 9.61. The molecule has 0 radical (unpaired) electrons. The topological polar surface area (TPSA) is 54.2 Å². The first-order chi connectivity index (χ1) is 6.66. The molecule has 0 spiro atoms. The van der Waals surface area contributed by atoms with Crippen molar-refractivity contribution < 1.29 is 5.11 Å². The van der Waals surface area contributed by atoms with Gasteiger partial charge in [-0.2, -0.15) is 0 Å². The van der Waals surface area contributed by atoms with Crippen LogP contribution < -0.4 is 0 Å². The molecule has 78 valence electrons. The minimum absolute atomic E-state index is 0.163. The molecule has 0 saturated carbocycles. The number of aromatic nitrogens is 3. The molecular formula is C9H16N4O. The summed E-state index contributed by atoms with van der Waals surface area (Å²) in [5.74, 6) is 1.90. The molecule has 0 unspecified atom stereocenters. The van der Waals surface area contributed by atoms with Gasteiger partial charge < -0.3 is 9.67 Å². The number of rotatable bonds is 2. The summed E-state index contributed by atoms with van der Waals surface area (Å²) in [6.07, 6.45) is 0.709. The van der Waals surface area contributed by atoms with E-state index in [0.29, 0.717) is 0 Å². The van der Waals surface area contributed by atoms with Gasteiger partial charge in [-0.3, -0.25) is 4.90 Å². The Bertz CT molecular complexity index is 323. The average molecular weight is 196 g/mol. The highest BCUT2D eigenvalue weighted by atomic mass is 16.3. The van der Waals surface area contributed by atoms with Gasteiger partial charge in [-0.05, 0) is 13.3 Å². The zero-order chi connectivity index (χ0) is 10.1. The third-order valence-electron chi connectivity index (χ3n) is 2.80. The zero-order valence-electron chi connectivity index (χ0n) is 8.64. The second-order valence-corrected chi connectivity index (χ2v) is 3.90. The molecule has 14 heavy (non-hydrogen) atoms. The fourth-order valence-corrected chi connectivity index (χ4v) is 1.74. The summed E-state index contributed by atoms with van der Waals surface area (Å²) in [6.45, 7) is 4.43. The smallest absolute Gasteiger partial charge is 0.146 e. The van der Waals surface area contributed by atoms with Crippen LogP contribution in [0.2, 0.25) is 0 Å². The molecule has 0 amide bonds. The van der Waals surface area contributed by atoms with E-state index in [1.54, 1.807) is 0 Å². The summed E-state index contributed by atoms with van der Waals surface area (Å²) < 4.78 is 1.99. The van der Waals surface area contributed by atoms with Crippen molar-refractivity contribution in [1.82, 2.24) is 19.7 Å². The second-order valence-electron chi connectivity index (χ2n) is 3.90.